The average Bonchev–Trinajstić information content (AvgIpc) is 2.37. The third-order valence-corrected chi connectivity index (χ3v) is 5.31. The summed E-state index contributed by atoms with van der Waals surface area (Å²) in [5.41, 5.74) is 0.119. The van der Waals surface area contributed by atoms with E-state index >= 15 is 0 Å². The highest BCUT2D eigenvalue weighted by molar-refractivity contribution is 7.89. The van der Waals surface area contributed by atoms with Crippen molar-refractivity contribution in [1.29, 1.82) is 5.26 Å². The van der Waals surface area contributed by atoms with Gasteiger partial charge in [0, 0.05) is 30.2 Å². The van der Waals surface area contributed by atoms with Crippen molar-refractivity contribution in [1.82, 2.24) is 9.62 Å². The maximum absolute atomic E-state index is 12.7. The van der Waals surface area contributed by atoms with Crippen LogP contribution in [0.15, 0.2) is 23.1 Å². The van der Waals surface area contributed by atoms with E-state index < -0.39 is 10.0 Å². The Balaban J connectivity index is 2.45. The number of benzene rings is 1. The van der Waals surface area contributed by atoms with Crippen LogP contribution in [0.25, 0.3) is 0 Å². The fourth-order valence-corrected chi connectivity index (χ4v) is 4.44. The first-order chi connectivity index (χ1) is 9.34. The molecule has 108 valence electrons. The molecule has 1 fully saturated rings. The molecule has 2 unspecified atom stereocenters. The summed E-state index contributed by atoms with van der Waals surface area (Å²) in [4.78, 5) is -0.0196. The predicted octanol–water partition coefficient (Wildman–Crippen LogP) is 1.58. The van der Waals surface area contributed by atoms with Crippen molar-refractivity contribution in [2.45, 2.75) is 30.8 Å². The van der Waals surface area contributed by atoms with Crippen molar-refractivity contribution in [3.05, 3.63) is 28.8 Å². The minimum Gasteiger partial charge on any atom is -0.309 e. The van der Waals surface area contributed by atoms with Gasteiger partial charge in [-0.2, -0.15) is 9.57 Å². The van der Waals surface area contributed by atoms with Gasteiger partial charge in [-0.05, 0) is 32.0 Å². The third kappa shape index (κ3) is 2.96. The summed E-state index contributed by atoms with van der Waals surface area (Å²) in [5.74, 6) is 0. The fourth-order valence-electron chi connectivity index (χ4n) is 2.41. The second kappa shape index (κ2) is 5.70. The highest BCUT2D eigenvalue weighted by Gasteiger charge is 2.32. The largest absolute Gasteiger partial charge is 0.309 e. The number of sulfonamides is 1. The average molecular weight is 314 g/mol. The minimum absolute atomic E-state index is 0.0196. The molecule has 5 nitrogen and oxygen atoms in total. The summed E-state index contributed by atoms with van der Waals surface area (Å²) in [6.07, 6.45) is 0. The van der Waals surface area contributed by atoms with Gasteiger partial charge in [-0.25, -0.2) is 8.42 Å². The van der Waals surface area contributed by atoms with E-state index in [2.05, 4.69) is 5.32 Å². The molecule has 0 amide bonds. The second-order valence-electron chi connectivity index (χ2n) is 5.04. The number of rotatable bonds is 2. The minimum atomic E-state index is -3.71. The topological polar surface area (TPSA) is 73.2 Å². The molecule has 0 radical (unpaired) electrons. The molecule has 0 aromatic heterocycles. The molecular formula is C13H16ClN3O2S. The van der Waals surface area contributed by atoms with Gasteiger partial charge in [-0.3, -0.25) is 0 Å². The van der Waals surface area contributed by atoms with E-state index in [0.29, 0.717) is 18.1 Å². The SMILES string of the molecule is CC1CN(S(=O)(=O)c2cc(Cl)ccc2C#N)CC(C)N1. The number of nitrogens with one attached hydrogen (secondary N) is 1. The number of piperazine rings is 1. The Labute approximate surface area is 124 Å². The number of hydrogen-bond acceptors (Lipinski definition) is 4. The van der Waals surface area contributed by atoms with Crippen molar-refractivity contribution in [2.75, 3.05) is 13.1 Å². The van der Waals surface area contributed by atoms with Crippen molar-refractivity contribution >= 4 is 21.6 Å². The molecule has 1 N–H and O–H groups in total. The number of hydrogen-bond donors (Lipinski definition) is 1. The van der Waals surface area contributed by atoms with Crippen molar-refractivity contribution in [3.8, 4) is 6.07 Å². The molecule has 2 rings (SSSR count). The fraction of sp³-hybridized carbons (Fsp3) is 0.462. The standard InChI is InChI=1S/C13H16ClN3O2S/c1-9-7-17(8-10(2)16-9)20(18,19)13-5-12(14)4-3-11(13)6-15/h3-5,9-10,16H,7-8H2,1-2H3. The lowest BCUT2D eigenvalue weighted by Gasteiger charge is -2.35. The van der Waals surface area contributed by atoms with Gasteiger partial charge in [0.15, 0.2) is 0 Å². The Morgan fingerprint density at radius 3 is 2.50 bits per heavy atom. The lowest BCUT2D eigenvalue weighted by molar-refractivity contribution is 0.263. The molecule has 7 heteroatoms. The predicted molar refractivity (Wildman–Crippen MR) is 77.0 cm³/mol. The maximum atomic E-state index is 12.7. The van der Waals surface area contributed by atoms with Crippen LogP contribution < -0.4 is 5.32 Å². The quantitative estimate of drug-likeness (QED) is 0.899. The van der Waals surface area contributed by atoms with E-state index in [1.165, 1.54) is 22.5 Å². The zero-order valence-corrected chi connectivity index (χ0v) is 12.9. The van der Waals surface area contributed by atoms with Crippen LogP contribution in [0.5, 0.6) is 0 Å². The number of nitriles is 1. The van der Waals surface area contributed by atoms with E-state index in [-0.39, 0.29) is 22.5 Å². The molecule has 2 atom stereocenters. The second-order valence-corrected chi connectivity index (χ2v) is 7.39. The Kier molecular flexibility index (Phi) is 4.35. The van der Waals surface area contributed by atoms with E-state index in [4.69, 9.17) is 16.9 Å². The molecule has 1 aromatic carbocycles. The molecule has 0 saturated carbocycles. The van der Waals surface area contributed by atoms with Gasteiger partial charge in [-0.1, -0.05) is 11.6 Å². The van der Waals surface area contributed by atoms with E-state index in [0.717, 1.165) is 0 Å². The first kappa shape index (κ1) is 15.3. The highest BCUT2D eigenvalue weighted by atomic mass is 35.5. The van der Waals surface area contributed by atoms with Gasteiger partial charge in [0.25, 0.3) is 0 Å². The lowest BCUT2D eigenvalue weighted by Crippen LogP contribution is -2.55. The van der Waals surface area contributed by atoms with Crippen LogP contribution in [0.2, 0.25) is 5.02 Å². The highest BCUT2D eigenvalue weighted by Crippen LogP contribution is 2.25. The summed E-state index contributed by atoms with van der Waals surface area (Å²) in [5, 5.41) is 12.7. The smallest absolute Gasteiger partial charge is 0.244 e. The normalized spacial score (nSPS) is 24.3. The molecular weight excluding hydrogens is 298 g/mol. The van der Waals surface area contributed by atoms with Crippen LogP contribution in [0.3, 0.4) is 0 Å². The van der Waals surface area contributed by atoms with E-state index in [9.17, 15) is 8.42 Å². The molecule has 1 heterocycles. The molecule has 0 bridgehead atoms. The van der Waals surface area contributed by atoms with Crippen LogP contribution in [-0.2, 0) is 10.0 Å². The van der Waals surface area contributed by atoms with Gasteiger partial charge < -0.3 is 5.32 Å². The molecule has 1 aliphatic heterocycles. The summed E-state index contributed by atoms with van der Waals surface area (Å²) in [7, 11) is -3.71. The Bertz CT molecular complexity index is 644. The Morgan fingerprint density at radius 2 is 1.95 bits per heavy atom. The van der Waals surface area contributed by atoms with Gasteiger partial charge in [0.05, 0.1) is 5.56 Å². The van der Waals surface area contributed by atoms with Gasteiger partial charge in [0.1, 0.15) is 11.0 Å². The van der Waals surface area contributed by atoms with Crippen LogP contribution in [0.4, 0.5) is 0 Å². The van der Waals surface area contributed by atoms with Crippen molar-refractivity contribution < 1.29 is 8.42 Å². The first-order valence-electron chi connectivity index (χ1n) is 6.30. The van der Waals surface area contributed by atoms with Crippen molar-refractivity contribution in [2.24, 2.45) is 0 Å². The maximum Gasteiger partial charge on any atom is 0.244 e. The van der Waals surface area contributed by atoms with Crippen LogP contribution in [-0.4, -0.2) is 37.9 Å². The molecule has 1 aromatic rings. The van der Waals surface area contributed by atoms with Crippen LogP contribution in [0, 0.1) is 11.3 Å². The molecule has 1 aliphatic rings. The molecule has 0 spiro atoms. The summed E-state index contributed by atoms with van der Waals surface area (Å²) in [6.45, 7) is 4.62. The summed E-state index contributed by atoms with van der Waals surface area (Å²) in [6, 6.07) is 6.34. The zero-order chi connectivity index (χ0) is 14.9. The Morgan fingerprint density at radius 1 is 1.35 bits per heavy atom. The molecule has 0 aliphatic carbocycles. The Hall–Kier alpha value is -1.13. The third-order valence-electron chi connectivity index (χ3n) is 3.21. The first-order valence-corrected chi connectivity index (χ1v) is 8.12. The zero-order valence-electron chi connectivity index (χ0n) is 11.3. The summed E-state index contributed by atoms with van der Waals surface area (Å²) < 4.78 is 26.8. The van der Waals surface area contributed by atoms with Crippen LogP contribution in [0.1, 0.15) is 19.4 Å². The molecule has 20 heavy (non-hydrogen) atoms. The van der Waals surface area contributed by atoms with E-state index in [1.54, 1.807) is 0 Å². The number of halogens is 1. The lowest BCUT2D eigenvalue weighted by atomic mass is 10.2. The molecule has 1 saturated heterocycles. The van der Waals surface area contributed by atoms with Gasteiger partial charge in [-0.15, -0.1) is 0 Å². The summed E-state index contributed by atoms with van der Waals surface area (Å²) >= 11 is 5.87. The van der Waals surface area contributed by atoms with Crippen LogP contribution >= 0.6 is 11.6 Å². The monoisotopic (exact) mass is 313 g/mol. The van der Waals surface area contributed by atoms with Gasteiger partial charge in [0.2, 0.25) is 10.0 Å². The van der Waals surface area contributed by atoms with Crippen molar-refractivity contribution in [3.63, 3.8) is 0 Å². The van der Waals surface area contributed by atoms with E-state index in [1.807, 2.05) is 19.9 Å². The van der Waals surface area contributed by atoms with Gasteiger partial charge >= 0.3 is 0 Å². The number of nitrogens with zero attached hydrogens (tertiary/aromatic N) is 2.